The van der Waals surface area contributed by atoms with E-state index in [2.05, 4.69) is 15.7 Å². The van der Waals surface area contributed by atoms with Crippen LogP contribution in [0.1, 0.15) is 34.6 Å². The Morgan fingerprint density at radius 3 is 2.61 bits per heavy atom. The molecule has 1 aliphatic rings. The number of ether oxygens (including phenoxy) is 3. The van der Waals surface area contributed by atoms with Crippen LogP contribution in [0.25, 0.3) is 0 Å². The molecule has 1 atom stereocenters. The second-order valence-corrected chi connectivity index (χ2v) is 11.2. The normalized spacial score (nSPS) is 15.5. The number of sulfonamides is 1. The van der Waals surface area contributed by atoms with E-state index in [9.17, 15) is 26.8 Å². The Balaban J connectivity index is 2.03. The van der Waals surface area contributed by atoms with Crippen molar-refractivity contribution in [2.75, 3.05) is 29.3 Å². The Bertz CT molecular complexity index is 1280. The van der Waals surface area contributed by atoms with Crippen LogP contribution in [0, 0.1) is 0 Å². The second kappa shape index (κ2) is 11.4. The van der Waals surface area contributed by atoms with E-state index < -0.39 is 51.6 Å². The van der Waals surface area contributed by atoms with Crippen molar-refractivity contribution in [2.45, 2.75) is 64.2 Å². The number of rotatable bonds is 9. The molecule has 0 bridgehead atoms. The van der Waals surface area contributed by atoms with E-state index >= 15 is 0 Å². The number of aryl methyl sites for hydroxylation is 1. The molecule has 0 saturated heterocycles. The van der Waals surface area contributed by atoms with Crippen LogP contribution in [0.2, 0.25) is 0 Å². The number of amides is 2. The summed E-state index contributed by atoms with van der Waals surface area (Å²) in [6.07, 6.45) is -3.18. The van der Waals surface area contributed by atoms with Crippen LogP contribution < -0.4 is 24.4 Å². The first-order chi connectivity index (χ1) is 17.7. The molecule has 1 aromatic carbocycles. The van der Waals surface area contributed by atoms with Gasteiger partial charge < -0.3 is 19.5 Å². The molecule has 1 unspecified atom stereocenters. The summed E-state index contributed by atoms with van der Waals surface area (Å²) in [4.78, 5) is 23.3. The van der Waals surface area contributed by atoms with E-state index in [1.165, 1.54) is 36.0 Å². The first-order valence-corrected chi connectivity index (χ1v) is 13.2. The van der Waals surface area contributed by atoms with E-state index in [1.807, 2.05) is 0 Å². The van der Waals surface area contributed by atoms with Crippen molar-refractivity contribution in [3.05, 3.63) is 24.4 Å². The van der Waals surface area contributed by atoms with Gasteiger partial charge in [0.25, 0.3) is 22.3 Å². The maximum atomic E-state index is 13.9. The first kappa shape index (κ1) is 28.9. The first-order valence-electron chi connectivity index (χ1n) is 11.8. The zero-order chi connectivity index (χ0) is 28.3. The Labute approximate surface area is 219 Å². The number of benzene rings is 1. The molecule has 1 aromatic heterocycles. The molecule has 12 nitrogen and oxygen atoms in total. The molecule has 15 heteroatoms. The van der Waals surface area contributed by atoms with Crippen molar-refractivity contribution < 1.29 is 41.0 Å². The van der Waals surface area contributed by atoms with Crippen LogP contribution in [0.3, 0.4) is 0 Å². The zero-order valence-corrected chi connectivity index (χ0v) is 22.5. The average molecular weight is 560 g/mol. The largest absolute Gasteiger partial charge is 0.484 e. The molecule has 2 heterocycles. The van der Waals surface area contributed by atoms with Crippen LogP contribution >= 0.6 is 0 Å². The van der Waals surface area contributed by atoms with Gasteiger partial charge in [-0.1, -0.05) is 0 Å². The quantitative estimate of drug-likeness (QED) is 0.478. The lowest BCUT2D eigenvalue weighted by Gasteiger charge is -2.35. The number of anilines is 2. The molecule has 0 fully saturated rings. The van der Waals surface area contributed by atoms with Crippen molar-refractivity contribution in [1.29, 1.82) is 0 Å². The van der Waals surface area contributed by atoms with E-state index in [0.717, 1.165) is 4.31 Å². The maximum Gasteiger partial charge on any atom is 0.412 e. The molecule has 38 heavy (non-hydrogen) atoms. The summed E-state index contributed by atoms with van der Waals surface area (Å²) in [6.45, 7) is 7.07. The third-order valence-corrected chi connectivity index (χ3v) is 6.81. The number of hydrogen-bond donors (Lipinski definition) is 2. The number of fused-ring (bicyclic) bond motifs is 1. The maximum absolute atomic E-state index is 13.9. The topological polar surface area (TPSA) is 141 Å². The molecule has 1 aliphatic heterocycles. The zero-order valence-electron chi connectivity index (χ0n) is 21.7. The minimum Gasteiger partial charge on any atom is -0.484 e. The lowest BCUT2D eigenvalue weighted by Crippen LogP contribution is -2.48. The summed E-state index contributed by atoms with van der Waals surface area (Å²) < 4.78 is 71.9. The third kappa shape index (κ3) is 7.24. The Kier molecular flexibility index (Phi) is 8.69. The second-order valence-electron chi connectivity index (χ2n) is 9.38. The number of nitrogens with zero attached hydrogens (tertiary/aromatic N) is 3. The highest BCUT2D eigenvalue weighted by molar-refractivity contribution is 7.93. The molecule has 2 N–H and O–H groups in total. The molecular weight excluding hydrogens is 528 g/mol. The van der Waals surface area contributed by atoms with Gasteiger partial charge in [-0.15, -0.1) is 5.10 Å². The van der Waals surface area contributed by atoms with Gasteiger partial charge in [-0.25, -0.2) is 22.0 Å². The van der Waals surface area contributed by atoms with Gasteiger partial charge in [0.2, 0.25) is 5.91 Å². The van der Waals surface area contributed by atoms with Gasteiger partial charge in [-0.05, 0) is 45.9 Å². The van der Waals surface area contributed by atoms with Gasteiger partial charge in [0, 0.05) is 25.4 Å². The number of hydrogen-bond acceptors (Lipinski definition) is 8. The van der Waals surface area contributed by atoms with Gasteiger partial charge in [0.05, 0.1) is 18.8 Å². The standard InChI is InChI=1S/C23H31F2N5O7S/c1-6-29-12-19(21(28-29)35-13-20(24)25)38(33,34)30-11-16(10-26-14(2)31)36-18-8-7-15(9-17(18)30)27-22(32)37-23(3,4)5/h7-9,12,16,20H,6,10-11,13H2,1-5H3,(H,26,31)(H,27,32). The van der Waals surface area contributed by atoms with E-state index in [-0.39, 0.29) is 42.7 Å². The monoisotopic (exact) mass is 559 g/mol. The van der Waals surface area contributed by atoms with Crippen molar-refractivity contribution in [3.8, 4) is 11.6 Å². The van der Waals surface area contributed by atoms with E-state index in [4.69, 9.17) is 14.2 Å². The molecule has 0 aliphatic carbocycles. The predicted octanol–water partition coefficient (Wildman–Crippen LogP) is 2.99. The smallest absolute Gasteiger partial charge is 0.412 e. The lowest BCUT2D eigenvalue weighted by atomic mass is 10.2. The molecule has 3 rings (SSSR count). The fourth-order valence-corrected chi connectivity index (χ4v) is 5.06. The summed E-state index contributed by atoms with van der Waals surface area (Å²) in [5.41, 5.74) is -0.468. The highest BCUT2D eigenvalue weighted by Crippen LogP contribution is 2.40. The van der Waals surface area contributed by atoms with Gasteiger partial charge in [0.1, 0.15) is 17.5 Å². The van der Waals surface area contributed by atoms with Gasteiger partial charge in [0.15, 0.2) is 11.5 Å². The van der Waals surface area contributed by atoms with Crippen molar-refractivity contribution in [1.82, 2.24) is 15.1 Å². The number of carbonyl (C=O) groups is 2. The number of aromatic nitrogens is 2. The predicted molar refractivity (Wildman–Crippen MR) is 133 cm³/mol. The molecule has 0 saturated carbocycles. The Hall–Kier alpha value is -3.62. The van der Waals surface area contributed by atoms with Gasteiger partial charge in [-0.3, -0.25) is 19.1 Å². The summed E-state index contributed by atoms with van der Waals surface area (Å²) in [7, 11) is -4.45. The molecular formula is C23H31F2N5O7S. The highest BCUT2D eigenvalue weighted by atomic mass is 32.2. The molecule has 0 radical (unpaired) electrons. The summed E-state index contributed by atoms with van der Waals surface area (Å²) in [5.74, 6) is -0.651. The van der Waals surface area contributed by atoms with Crippen LogP contribution in [-0.4, -0.2) is 68.0 Å². The number of alkyl halides is 2. The van der Waals surface area contributed by atoms with Crippen LogP contribution in [0.15, 0.2) is 29.3 Å². The van der Waals surface area contributed by atoms with Crippen LogP contribution in [-0.2, 0) is 26.1 Å². The number of halogens is 2. The van der Waals surface area contributed by atoms with Crippen molar-refractivity contribution >= 4 is 33.4 Å². The molecule has 210 valence electrons. The average Bonchev–Trinajstić information content (AvgIpc) is 3.24. The summed E-state index contributed by atoms with van der Waals surface area (Å²) in [5, 5.41) is 9.12. The summed E-state index contributed by atoms with van der Waals surface area (Å²) >= 11 is 0. The fourth-order valence-electron chi connectivity index (χ4n) is 3.49. The van der Waals surface area contributed by atoms with E-state index in [0.29, 0.717) is 0 Å². The molecule has 2 amide bonds. The van der Waals surface area contributed by atoms with Gasteiger partial charge in [-0.2, -0.15) is 0 Å². The minimum absolute atomic E-state index is 0.00165. The number of nitrogens with one attached hydrogen (secondary N) is 2. The fraction of sp³-hybridized carbons (Fsp3) is 0.522. The van der Waals surface area contributed by atoms with Crippen LogP contribution in [0.4, 0.5) is 25.0 Å². The van der Waals surface area contributed by atoms with E-state index in [1.54, 1.807) is 27.7 Å². The highest BCUT2D eigenvalue weighted by Gasteiger charge is 2.38. The lowest BCUT2D eigenvalue weighted by molar-refractivity contribution is -0.119. The molecule has 0 spiro atoms. The van der Waals surface area contributed by atoms with Crippen molar-refractivity contribution in [2.24, 2.45) is 0 Å². The van der Waals surface area contributed by atoms with Crippen LogP contribution in [0.5, 0.6) is 11.6 Å². The third-order valence-electron chi connectivity index (χ3n) is 5.05. The number of carbonyl (C=O) groups excluding carboxylic acids is 2. The Morgan fingerprint density at radius 2 is 2.00 bits per heavy atom. The SMILES string of the molecule is CCn1cc(S(=O)(=O)N2CC(CNC(C)=O)Oc3ccc(NC(=O)OC(C)(C)C)cc32)c(OCC(F)F)n1. The Morgan fingerprint density at radius 1 is 1.29 bits per heavy atom. The summed E-state index contributed by atoms with van der Waals surface area (Å²) in [6, 6.07) is 4.35. The van der Waals surface area contributed by atoms with Gasteiger partial charge >= 0.3 is 6.09 Å². The van der Waals surface area contributed by atoms with Crippen molar-refractivity contribution in [3.63, 3.8) is 0 Å². The molecule has 2 aromatic rings. The minimum atomic E-state index is -4.45.